The summed E-state index contributed by atoms with van der Waals surface area (Å²) in [6.45, 7) is 1.18. The van der Waals surface area contributed by atoms with Gasteiger partial charge in [-0.1, -0.05) is 12.8 Å². The number of methoxy groups -OCH3 is 1. The van der Waals surface area contributed by atoms with Crippen LogP contribution < -0.4 is 9.47 Å². The van der Waals surface area contributed by atoms with Crippen LogP contribution in [-0.4, -0.2) is 48.3 Å². The van der Waals surface area contributed by atoms with Crippen LogP contribution in [0.3, 0.4) is 0 Å². The van der Waals surface area contributed by atoms with E-state index in [-0.39, 0.29) is 6.04 Å². The molecule has 0 amide bonds. The van der Waals surface area contributed by atoms with Gasteiger partial charge in [-0.2, -0.15) is 0 Å². The zero-order valence-corrected chi connectivity index (χ0v) is 13.6. The van der Waals surface area contributed by atoms with Crippen molar-refractivity contribution in [2.45, 2.75) is 44.2 Å². The van der Waals surface area contributed by atoms with Crippen molar-refractivity contribution >= 4 is 5.97 Å². The molecule has 1 aliphatic carbocycles. The number of hydrogen-bond donors (Lipinski definition) is 1. The third-order valence-electron chi connectivity index (χ3n) is 5.18. The Morgan fingerprint density at radius 3 is 2.61 bits per heavy atom. The number of hydrogen-bond acceptors (Lipinski definition) is 4. The van der Waals surface area contributed by atoms with E-state index in [0.717, 1.165) is 24.3 Å². The van der Waals surface area contributed by atoms with Crippen molar-refractivity contribution in [2.24, 2.45) is 5.92 Å². The second kappa shape index (κ2) is 7.21. The van der Waals surface area contributed by atoms with Gasteiger partial charge in [0.05, 0.1) is 7.11 Å². The fourth-order valence-corrected chi connectivity index (χ4v) is 4.06. The average Bonchev–Trinajstić information content (AvgIpc) is 2.95. The van der Waals surface area contributed by atoms with E-state index in [1.807, 2.05) is 24.3 Å². The second-order valence-corrected chi connectivity index (χ2v) is 6.46. The summed E-state index contributed by atoms with van der Waals surface area (Å²) in [5.74, 6) is 1.44. The minimum absolute atomic E-state index is 0.345. The predicted molar refractivity (Wildman–Crippen MR) is 87.0 cm³/mol. The molecule has 126 valence electrons. The van der Waals surface area contributed by atoms with Gasteiger partial charge < -0.3 is 14.6 Å². The third-order valence-corrected chi connectivity index (χ3v) is 5.18. The highest BCUT2D eigenvalue weighted by Crippen LogP contribution is 2.39. The van der Waals surface area contributed by atoms with Crippen molar-refractivity contribution in [1.29, 1.82) is 0 Å². The standard InChI is InChI=1S/C18H25NO4/c1-22-14-6-8-15(9-7-14)23-11-10-19-16-5-3-2-4-13(16)12-17(19)18(20)21/h6-9,13,16-17H,2-5,10-12H2,1H3,(H,20,21). The van der Waals surface area contributed by atoms with Crippen LogP contribution in [0.4, 0.5) is 0 Å². The monoisotopic (exact) mass is 319 g/mol. The molecular weight excluding hydrogens is 294 g/mol. The number of fused-ring (bicyclic) bond motifs is 1. The van der Waals surface area contributed by atoms with Crippen molar-refractivity contribution in [3.8, 4) is 11.5 Å². The number of carbonyl (C=O) groups is 1. The molecular formula is C18H25NO4. The van der Waals surface area contributed by atoms with Gasteiger partial charge >= 0.3 is 5.97 Å². The first-order valence-electron chi connectivity index (χ1n) is 8.44. The SMILES string of the molecule is COc1ccc(OCCN2C(C(=O)O)CC3CCCCC32)cc1. The smallest absolute Gasteiger partial charge is 0.320 e. The second-order valence-electron chi connectivity index (χ2n) is 6.46. The number of carboxylic acid groups (broad SMARTS) is 1. The number of benzene rings is 1. The van der Waals surface area contributed by atoms with Gasteiger partial charge in [0.1, 0.15) is 24.1 Å². The summed E-state index contributed by atoms with van der Waals surface area (Å²) in [5, 5.41) is 9.51. The van der Waals surface area contributed by atoms with E-state index in [1.54, 1.807) is 7.11 Å². The fraction of sp³-hybridized carbons (Fsp3) is 0.611. The lowest BCUT2D eigenvalue weighted by Gasteiger charge is -2.32. The lowest BCUT2D eigenvalue weighted by Crippen LogP contribution is -2.44. The zero-order valence-electron chi connectivity index (χ0n) is 13.6. The molecule has 1 heterocycles. The van der Waals surface area contributed by atoms with E-state index in [9.17, 15) is 9.90 Å². The van der Waals surface area contributed by atoms with Crippen LogP contribution in [0.15, 0.2) is 24.3 Å². The molecule has 1 aromatic rings. The van der Waals surface area contributed by atoms with E-state index in [2.05, 4.69) is 4.90 Å². The molecule has 1 aliphatic heterocycles. The minimum Gasteiger partial charge on any atom is -0.497 e. The van der Waals surface area contributed by atoms with Crippen LogP contribution >= 0.6 is 0 Å². The van der Waals surface area contributed by atoms with Gasteiger partial charge in [-0.3, -0.25) is 9.69 Å². The normalized spacial score (nSPS) is 27.4. The number of likely N-dealkylation sites (tertiary alicyclic amines) is 1. The Kier molecular flexibility index (Phi) is 5.06. The molecule has 0 radical (unpaired) electrons. The van der Waals surface area contributed by atoms with Crippen molar-refractivity contribution in [1.82, 2.24) is 4.90 Å². The van der Waals surface area contributed by atoms with E-state index < -0.39 is 5.97 Å². The number of nitrogens with zero attached hydrogens (tertiary/aromatic N) is 1. The Labute approximate surface area is 137 Å². The first kappa shape index (κ1) is 16.1. The molecule has 1 aromatic carbocycles. The van der Waals surface area contributed by atoms with E-state index in [4.69, 9.17) is 9.47 Å². The highest BCUT2D eigenvalue weighted by Gasteiger charge is 2.44. The third kappa shape index (κ3) is 3.61. The van der Waals surface area contributed by atoms with Crippen LogP contribution in [0.5, 0.6) is 11.5 Å². The summed E-state index contributed by atoms with van der Waals surface area (Å²) in [6.07, 6.45) is 5.54. The number of ether oxygens (including phenoxy) is 2. The quantitative estimate of drug-likeness (QED) is 0.874. The van der Waals surface area contributed by atoms with Crippen LogP contribution in [-0.2, 0) is 4.79 Å². The van der Waals surface area contributed by atoms with Crippen molar-refractivity contribution in [2.75, 3.05) is 20.3 Å². The molecule has 5 heteroatoms. The molecule has 1 saturated carbocycles. The molecule has 0 bridgehead atoms. The maximum atomic E-state index is 11.6. The Morgan fingerprint density at radius 1 is 1.22 bits per heavy atom. The van der Waals surface area contributed by atoms with Gasteiger partial charge in [-0.25, -0.2) is 0 Å². The Balaban J connectivity index is 1.57. The maximum Gasteiger partial charge on any atom is 0.320 e. The number of aliphatic carboxylic acids is 1. The topological polar surface area (TPSA) is 59.0 Å². The average molecular weight is 319 g/mol. The van der Waals surface area contributed by atoms with Crippen molar-refractivity contribution < 1.29 is 19.4 Å². The highest BCUT2D eigenvalue weighted by atomic mass is 16.5. The summed E-state index contributed by atoms with van der Waals surface area (Å²) >= 11 is 0. The van der Waals surface area contributed by atoms with Gasteiger partial charge in [0.25, 0.3) is 0 Å². The Bertz CT molecular complexity index is 530. The number of rotatable bonds is 6. The highest BCUT2D eigenvalue weighted by molar-refractivity contribution is 5.74. The van der Waals surface area contributed by atoms with Gasteiger partial charge in [0.2, 0.25) is 0 Å². The van der Waals surface area contributed by atoms with Crippen LogP contribution in [0, 0.1) is 5.92 Å². The van der Waals surface area contributed by atoms with Crippen molar-refractivity contribution in [3.05, 3.63) is 24.3 Å². The summed E-state index contributed by atoms with van der Waals surface area (Å²) in [4.78, 5) is 13.7. The molecule has 0 aromatic heterocycles. The molecule has 2 aliphatic rings. The molecule has 1 N–H and O–H groups in total. The van der Waals surface area contributed by atoms with Crippen LogP contribution in [0.1, 0.15) is 32.1 Å². The molecule has 3 rings (SSSR count). The number of carboxylic acids is 1. The van der Waals surface area contributed by atoms with E-state index in [1.165, 1.54) is 19.3 Å². The van der Waals surface area contributed by atoms with Crippen LogP contribution in [0.25, 0.3) is 0 Å². The first-order valence-corrected chi connectivity index (χ1v) is 8.44. The molecule has 3 unspecified atom stereocenters. The van der Waals surface area contributed by atoms with Crippen LogP contribution in [0.2, 0.25) is 0 Å². The predicted octanol–water partition coefficient (Wildman–Crippen LogP) is 2.79. The molecule has 5 nitrogen and oxygen atoms in total. The Hall–Kier alpha value is -1.75. The molecule has 23 heavy (non-hydrogen) atoms. The van der Waals surface area contributed by atoms with Gasteiger partial charge in [-0.05, 0) is 49.4 Å². The minimum atomic E-state index is -0.691. The first-order chi connectivity index (χ1) is 11.2. The Morgan fingerprint density at radius 2 is 1.91 bits per heavy atom. The lowest BCUT2D eigenvalue weighted by atomic mass is 9.85. The lowest BCUT2D eigenvalue weighted by molar-refractivity contribution is -0.142. The molecule has 3 atom stereocenters. The molecule has 2 fully saturated rings. The summed E-state index contributed by atoms with van der Waals surface area (Å²) in [6, 6.07) is 7.55. The summed E-state index contributed by atoms with van der Waals surface area (Å²) in [7, 11) is 1.63. The van der Waals surface area contributed by atoms with E-state index in [0.29, 0.717) is 25.1 Å². The van der Waals surface area contributed by atoms with Gasteiger partial charge in [0.15, 0.2) is 0 Å². The van der Waals surface area contributed by atoms with Gasteiger partial charge in [0, 0.05) is 12.6 Å². The maximum absolute atomic E-state index is 11.6. The van der Waals surface area contributed by atoms with Crippen molar-refractivity contribution in [3.63, 3.8) is 0 Å². The molecule has 0 spiro atoms. The largest absolute Gasteiger partial charge is 0.497 e. The zero-order chi connectivity index (χ0) is 16.2. The fourth-order valence-electron chi connectivity index (χ4n) is 4.06. The summed E-state index contributed by atoms with van der Waals surface area (Å²) < 4.78 is 10.9. The van der Waals surface area contributed by atoms with E-state index >= 15 is 0 Å². The van der Waals surface area contributed by atoms with Gasteiger partial charge in [-0.15, -0.1) is 0 Å². The summed E-state index contributed by atoms with van der Waals surface area (Å²) in [5.41, 5.74) is 0. The molecule has 1 saturated heterocycles.